The fraction of sp³-hybridized carbons (Fsp3) is 0.263. The molecule has 148 valence electrons. The summed E-state index contributed by atoms with van der Waals surface area (Å²) >= 11 is 6.14. The van der Waals surface area contributed by atoms with Gasteiger partial charge in [0, 0.05) is 53.9 Å². The number of aliphatic carboxylic acids is 1. The zero-order valence-corrected chi connectivity index (χ0v) is 16.1. The molecule has 0 aliphatic carbocycles. The van der Waals surface area contributed by atoms with Gasteiger partial charge >= 0.3 is 5.97 Å². The number of nitrogens with one attached hydrogen (secondary N) is 2. The van der Waals surface area contributed by atoms with Gasteiger partial charge in [-0.1, -0.05) is 11.6 Å². The normalized spacial score (nSPS) is 16.5. The van der Waals surface area contributed by atoms with Gasteiger partial charge in [0.25, 0.3) is 0 Å². The SMILES string of the molecule is O=C(O)[C@@H](c1c[nH]c2ccc(Cl)cc12)N1CCN(c2ncnc3nc[nH]c23)CC1. The van der Waals surface area contributed by atoms with Crippen LogP contribution in [0.5, 0.6) is 0 Å². The first kappa shape index (κ1) is 17.9. The lowest BCUT2D eigenvalue weighted by atomic mass is 10.0. The number of fused-ring (bicyclic) bond motifs is 2. The summed E-state index contributed by atoms with van der Waals surface area (Å²) in [6.07, 6.45) is 4.87. The van der Waals surface area contributed by atoms with E-state index in [-0.39, 0.29) is 0 Å². The number of carboxylic acid groups (broad SMARTS) is 1. The molecule has 1 aromatic carbocycles. The lowest BCUT2D eigenvalue weighted by Gasteiger charge is -2.38. The first-order valence-electron chi connectivity index (χ1n) is 9.24. The number of imidazole rings is 1. The Hall–Kier alpha value is -3.17. The number of aromatic amines is 2. The number of piperazine rings is 1. The van der Waals surface area contributed by atoms with E-state index in [4.69, 9.17) is 11.6 Å². The molecule has 1 atom stereocenters. The summed E-state index contributed by atoms with van der Waals surface area (Å²) in [5, 5.41) is 11.4. The Balaban J connectivity index is 1.41. The number of rotatable bonds is 4. The van der Waals surface area contributed by atoms with E-state index in [1.807, 2.05) is 17.0 Å². The van der Waals surface area contributed by atoms with E-state index >= 15 is 0 Å². The quantitative estimate of drug-likeness (QED) is 0.472. The maximum Gasteiger partial charge on any atom is 0.325 e. The molecule has 1 fully saturated rings. The van der Waals surface area contributed by atoms with Crippen molar-refractivity contribution in [3.63, 3.8) is 0 Å². The van der Waals surface area contributed by atoms with Gasteiger partial charge in [0.2, 0.25) is 0 Å². The molecule has 10 heteroatoms. The number of halogens is 1. The Morgan fingerprint density at radius 1 is 1.14 bits per heavy atom. The molecule has 0 unspecified atom stereocenters. The molecule has 1 aliphatic rings. The van der Waals surface area contributed by atoms with E-state index in [1.54, 1.807) is 18.6 Å². The summed E-state index contributed by atoms with van der Waals surface area (Å²) in [5.74, 6) is -0.0878. The summed E-state index contributed by atoms with van der Waals surface area (Å²) < 4.78 is 0. The molecule has 0 radical (unpaired) electrons. The lowest BCUT2D eigenvalue weighted by molar-refractivity contribution is -0.143. The molecule has 3 N–H and O–H groups in total. The lowest BCUT2D eigenvalue weighted by Crippen LogP contribution is -2.49. The van der Waals surface area contributed by atoms with Gasteiger partial charge in [-0.2, -0.15) is 0 Å². The molecule has 29 heavy (non-hydrogen) atoms. The predicted molar refractivity (Wildman–Crippen MR) is 109 cm³/mol. The number of benzene rings is 1. The molecule has 9 nitrogen and oxygen atoms in total. The number of anilines is 1. The van der Waals surface area contributed by atoms with Gasteiger partial charge in [-0.25, -0.2) is 15.0 Å². The number of H-pyrrole nitrogens is 2. The van der Waals surface area contributed by atoms with Crippen LogP contribution in [0.15, 0.2) is 37.1 Å². The Kier molecular flexibility index (Phi) is 4.33. The maximum absolute atomic E-state index is 12.2. The van der Waals surface area contributed by atoms with Gasteiger partial charge in [-0.3, -0.25) is 9.69 Å². The first-order valence-corrected chi connectivity index (χ1v) is 9.62. The zero-order valence-electron chi connectivity index (χ0n) is 15.3. The van der Waals surface area contributed by atoms with Gasteiger partial charge in [-0.05, 0) is 18.2 Å². The summed E-state index contributed by atoms with van der Waals surface area (Å²) in [5.41, 5.74) is 3.01. The van der Waals surface area contributed by atoms with Crippen molar-refractivity contribution >= 4 is 45.5 Å². The van der Waals surface area contributed by atoms with Crippen LogP contribution in [0.2, 0.25) is 5.02 Å². The smallest absolute Gasteiger partial charge is 0.325 e. The average Bonchev–Trinajstić information content (AvgIpc) is 3.35. The van der Waals surface area contributed by atoms with Crippen LogP contribution in [-0.2, 0) is 4.79 Å². The van der Waals surface area contributed by atoms with Crippen LogP contribution in [-0.4, -0.2) is 67.1 Å². The van der Waals surface area contributed by atoms with Gasteiger partial charge in [0.15, 0.2) is 11.5 Å². The van der Waals surface area contributed by atoms with Crippen LogP contribution < -0.4 is 4.90 Å². The number of hydrogen-bond acceptors (Lipinski definition) is 6. The second kappa shape index (κ2) is 7.02. The highest BCUT2D eigenvalue weighted by atomic mass is 35.5. The molecule has 0 saturated carbocycles. The van der Waals surface area contributed by atoms with Crippen LogP contribution in [0, 0.1) is 0 Å². The molecule has 1 aliphatic heterocycles. The highest BCUT2D eigenvalue weighted by molar-refractivity contribution is 6.31. The maximum atomic E-state index is 12.2. The second-order valence-electron chi connectivity index (χ2n) is 7.00. The van der Waals surface area contributed by atoms with Crippen LogP contribution in [0.1, 0.15) is 11.6 Å². The van der Waals surface area contributed by atoms with Gasteiger partial charge in [0.05, 0.1) is 6.33 Å². The monoisotopic (exact) mass is 411 g/mol. The molecule has 0 amide bonds. The fourth-order valence-corrected chi connectivity index (χ4v) is 4.18. The summed E-state index contributed by atoms with van der Waals surface area (Å²) in [6.45, 7) is 2.48. The van der Waals surface area contributed by atoms with Crippen LogP contribution in [0.3, 0.4) is 0 Å². The van der Waals surface area contributed by atoms with E-state index in [2.05, 4.69) is 29.8 Å². The Morgan fingerprint density at radius 2 is 1.97 bits per heavy atom. The molecular weight excluding hydrogens is 394 g/mol. The van der Waals surface area contributed by atoms with Crippen molar-refractivity contribution < 1.29 is 9.90 Å². The zero-order chi connectivity index (χ0) is 20.0. The second-order valence-corrected chi connectivity index (χ2v) is 7.43. The molecular formula is C19H18ClN7O2. The molecule has 4 aromatic rings. The van der Waals surface area contributed by atoms with Crippen molar-refractivity contribution in [2.45, 2.75) is 6.04 Å². The molecule has 0 spiro atoms. The molecule has 5 rings (SSSR count). The number of carbonyl (C=O) groups is 1. The minimum Gasteiger partial charge on any atom is -0.480 e. The highest BCUT2D eigenvalue weighted by Crippen LogP contribution is 2.32. The number of nitrogens with zero attached hydrogens (tertiary/aromatic N) is 5. The number of carboxylic acids is 1. The topological polar surface area (TPSA) is 114 Å². The predicted octanol–water partition coefficient (Wildman–Crippen LogP) is 2.44. The molecule has 3 aromatic heterocycles. The van der Waals surface area contributed by atoms with Crippen molar-refractivity contribution in [2.75, 3.05) is 31.1 Å². The third kappa shape index (κ3) is 3.08. The highest BCUT2D eigenvalue weighted by Gasteiger charge is 2.32. The van der Waals surface area contributed by atoms with E-state index in [1.165, 1.54) is 6.33 Å². The van der Waals surface area contributed by atoms with Crippen molar-refractivity contribution in [2.24, 2.45) is 0 Å². The van der Waals surface area contributed by atoms with E-state index in [0.29, 0.717) is 36.8 Å². The minimum absolute atomic E-state index is 0.583. The largest absolute Gasteiger partial charge is 0.480 e. The average molecular weight is 412 g/mol. The fourth-order valence-electron chi connectivity index (χ4n) is 4.01. The summed E-state index contributed by atoms with van der Waals surface area (Å²) in [4.78, 5) is 35.3. The summed E-state index contributed by atoms with van der Waals surface area (Å²) in [6, 6.07) is 4.71. The van der Waals surface area contributed by atoms with Crippen LogP contribution >= 0.6 is 11.6 Å². The third-order valence-corrected chi connectivity index (χ3v) is 5.62. The van der Waals surface area contributed by atoms with Crippen LogP contribution in [0.4, 0.5) is 5.82 Å². The van der Waals surface area contributed by atoms with Crippen molar-refractivity contribution in [1.29, 1.82) is 0 Å². The molecule has 0 bridgehead atoms. The van der Waals surface area contributed by atoms with E-state index in [0.717, 1.165) is 27.8 Å². The molecule has 4 heterocycles. The molecule has 1 saturated heterocycles. The van der Waals surface area contributed by atoms with E-state index < -0.39 is 12.0 Å². The minimum atomic E-state index is -0.877. The number of hydrogen-bond donors (Lipinski definition) is 3. The van der Waals surface area contributed by atoms with E-state index in [9.17, 15) is 9.90 Å². The summed E-state index contributed by atoms with van der Waals surface area (Å²) in [7, 11) is 0. The first-order chi connectivity index (χ1) is 14.1. The van der Waals surface area contributed by atoms with Gasteiger partial charge in [-0.15, -0.1) is 0 Å². The van der Waals surface area contributed by atoms with Crippen molar-refractivity contribution in [3.05, 3.63) is 47.6 Å². The van der Waals surface area contributed by atoms with Gasteiger partial charge in [0.1, 0.15) is 17.9 Å². The third-order valence-electron chi connectivity index (χ3n) is 5.39. The Labute approximate surface area is 170 Å². The number of aromatic nitrogens is 5. The Morgan fingerprint density at radius 3 is 2.76 bits per heavy atom. The van der Waals surface area contributed by atoms with Crippen molar-refractivity contribution in [3.8, 4) is 0 Å². The standard InChI is InChI=1S/C19H18ClN7O2/c20-11-1-2-14-12(7-11)13(8-21-14)16(19(28)29)26-3-5-27(6-4-26)18-15-17(23-9-22-15)24-10-25-18/h1-2,7-10,16,21H,3-6H2,(H,28,29)(H,22,23,24,25)/t16-/m1/s1. The van der Waals surface area contributed by atoms with Crippen LogP contribution in [0.25, 0.3) is 22.1 Å². The van der Waals surface area contributed by atoms with Gasteiger partial charge < -0.3 is 20.0 Å². The Bertz CT molecular complexity index is 1200. The van der Waals surface area contributed by atoms with Crippen molar-refractivity contribution in [1.82, 2.24) is 29.8 Å².